The van der Waals surface area contributed by atoms with Gasteiger partial charge in [0.05, 0.1) is 5.57 Å². The van der Waals surface area contributed by atoms with Gasteiger partial charge in [0.25, 0.3) is 0 Å². The molecule has 1 rings (SSSR count). The molecular weight excluding hydrogens is 136 g/mol. The molecule has 1 aliphatic carbocycles. The maximum Gasteiger partial charge on any atom is 0.171 e. The van der Waals surface area contributed by atoms with E-state index in [0.717, 1.165) is 6.42 Å². The minimum Gasteiger partial charge on any atom is -0.293 e. The van der Waals surface area contributed by atoms with Gasteiger partial charge in [-0.1, -0.05) is 25.8 Å². The van der Waals surface area contributed by atoms with E-state index < -0.39 is 0 Å². The first kappa shape index (κ1) is 8.07. The maximum absolute atomic E-state index is 11.2. The number of allylic oxidation sites excluding steroid dienone is 2. The Morgan fingerprint density at radius 3 is 2.73 bits per heavy atom. The molecule has 1 heteroatoms. The van der Waals surface area contributed by atoms with Crippen molar-refractivity contribution in [1.82, 2.24) is 0 Å². The van der Waals surface area contributed by atoms with Gasteiger partial charge in [0.15, 0.2) is 5.78 Å². The number of hydrogen-bond acceptors (Lipinski definition) is 1. The first-order valence-corrected chi connectivity index (χ1v) is 3.75. The van der Waals surface area contributed by atoms with Crippen molar-refractivity contribution in [2.75, 3.05) is 0 Å². The lowest BCUT2D eigenvalue weighted by Crippen LogP contribution is -2.21. The number of carbonyl (C=O) groups excluding carboxylic acids is 1. The molecule has 0 saturated heterocycles. The summed E-state index contributed by atoms with van der Waals surface area (Å²) in [5.41, 5.74) is 0.668. The fraction of sp³-hybridized carbons (Fsp3) is 0.500. The zero-order chi connectivity index (χ0) is 8.48. The Morgan fingerprint density at radius 1 is 1.64 bits per heavy atom. The fourth-order valence-electron chi connectivity index (χ4n) is 1.23. The molecule has 0 fully saturated rings. The lowest BCUT2D eigenvalue weighted by molar-refractivity contribution is -0.117. The minimum absolute atomic E-state index is 0.109. The number of hydrogen-bond donors (Lipinski definition) is 0. The molecule has 0 bridgehead atoms. The summed E-state index contributed by atoms with van der Waals surface area (Å²) in [5, 5.41) is 0. The quantitative estimate of drug-likeness (QED) is 0.480. The van der Waals surface area contributed by atoms with Gasteiger partial charge in [0.2, 0.25) is 0 Å². The fourth-order valence-corrected chi connectivity index (χ4v) is 1.23. The van der Waals surface area contributed by atoms with Crippen LogP contribution in [0, 0.1) is 17.8 Å². The highest BCUT2D eigenvalue weighted by Gasteiger charge is 2.26. The Kier molecular flexibility index (Phi) is 1.87. The third-order valence-electron chi connectivity index (χ3n) is 1.95. The third kappa shape index (κ3) is 1.71. The molecule has 0 N–H and O–H groups in total. The Bertz CT molecular complexity index is 251. The van der Waals surface area contributed by atoms with Crippen LogP contribution in [0.15, 0.2) is 11.6 Å². The molecule has 11 heavy (non-hydrogen) atoms. The summed E-state index contributed by atoms with van der Waals surface area (Å²) in [7, 11) is 0. The Morgan fingerprint density at radius 2 is 2.27 bits per heavy atom. The Balaban J connectivity index is 2.87. The van der Waals surface area contributed by atoms with E-state index in [1.165, 1.54) is 0 Å². The number of terminal acetylenes is 1. The standard InChI is InChI=1S/C10H12O/c1-4-8-5-6-10(2,3)7-9(8)11/h1,5H,6-7H2,2-3H3. The topological polar surface area (TPSA) is 17.1 Å². The van der Waals surface area contributed by atoms with Crippen molar-refractivity contribution in [2.45, 2.75) is 26.7 Å². The molecule has 0 spiro atoms. The molecule has 0 aromatic carbocycles. The lowest BCUT2D eigenvalue weighted by Gasteiger charge is -2.25. The maximum atomic E-state index is 11.2. The van der Waals surface area contributed by atoms with Crippen LogP contribution in [0.5, 0.6) is 0 Å². The second-order valence-corrected chi connectivity index (χ2v) is 3.73. The Labute approximate surface area is 67.5 Å². The Hall–Kier alpha value is -1.03. The van der Waals surface area contributed by atoms with Crippen molar-refractivity contribution in [3.8, 4) is 12.3 Å². The molecule has 0 atom stereocenters. The number of Topliss-reactive ketones (excluding diaryl/α,β-unsaturated/α-hetero) is 1. The average molecular weight is 148 g/mol. The van der Waals surface area contributed by atoms with E-state index in [4.69, 9.17) is 6.42 Å². The van der Waals surface area contributed by atoms with Crippen LogP contribution in [-0.4, -0.2) is 5.78 Å². The van der Waals surface area contributed by atoms with Crippen molar-refractivity contribution in [3.05, 3.63) is 11.6 Å². The number of ketones is 1. The van der Waals surface area contributed by atoms with Crippen LogP contribution < -0.4 is 0 Å². The molecule has 0 heterocycles. The number of rotatable bonds is 0. The summed E-state index contributed by atoms with van der Waals surface area (Å²) in [6.45, 7) is 4.16. The molecule has 0 unspecified atom stereocenters. The van der Waals surface area contributed by atoms with E-state index in [1.807, 2.05) is 6.08 Å². The normalized spacial score (nSPS) is 22.3. The van der Waals surface area contributed by atoms with Gasteiger partial charge in [-0.3, -0.25) is 4.79 Å². The second kappa shape index (κ2) is 2.54. The summed E-state index contributed by atoms with van der Waals surface area (Å²) in [5.74, 6) is 2.52. The van der Waals surface area contributed by atoms with Crippen LogP contribution in [0.4, 0.5) is 0 Å². The zero-order valence-corrected chi connectivity index (χ0v) is 6.98. The van der Waals surface area contributed by atoms with Crippen LogP contribution in [0.25, 0.3) is 0 Å². The van der Waals surface area contributed by atoms with E-state index in [9.17, 15) is 4.79 Å². The van der Waals surface area contributed by atoms with Crippen LogP contribution >= 0.6 is 0 Å². The van der Waals surface area contributed by atoms with Crippen molar-refractivity contribution in [3.63, 3.8) is 0 Å². The largest absolute Gasteiger partial charge is 0.293 e. The highest BCUT2D eigenvalue weighted by Crippen LogP contribution is 2.31. The molecule has 1 nitrogen and oxygen atoms in total. The van der Waals surface area contributed by atoms with Crippen molar-refractivity contribution >= 4 is 5.78 Å². The molecule has 0 aromatic heterocycles. The zero-order valence-electron chi connectivity index (χ0n) is 6.98. The molecule has 0 amide bonds. The molecule has 0 saturated carbocycles. The monoisotopic (exact) mass is 148 g/mol. The van der Waals surface area contributed by atoms with Crippen LogP contribution in [-0.2, 0) is 4.79 Å². The van der Waals surface area contributed by atoms with Gasteiger partial charge in [-0.05, 0) is 11.8 Å². The predicted molar refractivity (Wildman–Crippen MR) is 44.9 cm³/mol. The highest BCUT2D eigenvalue weighted by atomic mass is 16.1. The summed E-state index contributed by atoms with van der Waals surface area (Å²) in [4.78, 5) is 11.2. The van der Waals surface area contributed by atoms with Gasteiger partial charge >= 0.3 is 0 Å². The lowest BCUT2D eigenvalue weighted by atomic mass is 9.78. The van der Waals surface area contributed by atoms with E-state index in [-0.39, 0.29) is 11.2 Å². The highest BCUT2D eigenvalue weighted by molar-refractivity contribution is 6.00. The summed E-state index contributed by atoms with van der Waals surface area (Å²) < 4.78 is 0. The van der Waals surface area contributed by atoms with E-state index in [0.29, 0.717) is 12.0 Å². The minimum atomic E-state index is 0.109. The van der Waals surface area contributed by atoms with Crippen molar-refractivity contribution in [1.29, 1.82) is 0 Å². The van der Waals surface area contributed by atoms with E-state index in [1.54, 1.807) is 0 Å². The van der Waals surface area contributed by atoms with Crippen LogP contribution in [0.2, 0.25) is 0 Å². The predicted octanol–water partition coefficient (Wildman–Crippen LogP) is 1.94. The molecule has 0 aromatic rings. The molecule has 0 radical (unpaired) electrons. The van der Waals surface area contributed by atoms with Crippen LogP contribution in [0.1, 0.15) is 26.7 Å². The van der Waals surface area contributed by atoms with Gasteiger partial charge in [0, 0.05) is 6.42 Å². The van der Waals surface area contributed by atoms with Gasteiger partial charge in [-0.2, -0.15) is 0 Å². The second-order valence-electron chi connectivity index (χ2n) is 3.73. The summed E-state index contributed by atoms with van der Waals surface area (Å²) in [6, 6.07) is 0. The van der Waals surface area contributed by atoms with Gasteiger partial charge < -0.3 is 0 Å². The van der Waals surface area contributed by atoms with E-state index >= 15 is 0 Å². The molecule has 1 aliphatic rings. The molecule has 58 valence electrons. The first-order chi connectivity index (χ1) is 5.05. The first-order valence-electron chi connectivity index (χ1n) is 3.75. The summed E-state index contributed by atoms with van der Waals surface area (Å²) >= 11 is 0. The van der Waals surface area contributed by atoms with Gasteiger partial charge in [-0.15, -0.1) is 6.42 Å². The molecular formula is C10H12O. The SMILES string of the molecule is C#CC1=CCC(C)(C)CC1=O. The van der Waals surface area contributed by atoms with Gasteiger partial charge in [-0.25, -0.2) is 0 Å². The summed E-state index contributed by atoms with van der Waals surface area (Å²) in [6.07, 6.45) is 8.51. The average Bonchev–Trinajstić information content (AvgIpc) is 1.86. The number of carbonyl (C=O) groups is 1. The van der Waals surface area contributed by atoms with Gasteiger partial charge in [0.1, 0.15) is 0 Å². The third-order valence-corrected chi connectivity index (χ3v) is 1.95. The smallest absolute Gasteiger partial charge is 0.171 e. The van der Waals surface area contributed by atoms with Crippen molar-refractivity contribution in [2.24, 2.45) is 5.41 Å². The van der Waals surface area contributed by atoms with Crippen LogP contribution in [0.3, 0.4) is 0 Å². The van der Waals surface area contributed by atoms with Crippen molar-refractivity contribution < 1.29 is 4.79 Å². The molecule has 0 aliphatic heterocycles. The van der Waals surface area contributed by atoms with E-state index in [2.05, 4.69) is 19.8 Å².